The number of hydrogen-bond donors (Lipinski definition) is 0. The Kier molecular flexibility index (Phi) is 4.52. The van der Waals surface area contributed by atoms with Crippen molar-refractivity contribution in [2.24, 2.45) is 0 Å². The summed E-state index contributed by atoms with van der Waals surface area (Å²) in [5.74, 6) is 0.278. The number of aromatic nitrogens is 3. The van der Waals surface area contributed by atoms with Crippen LogP contribution in [0.1, 0.15) is 64.3 Å². The van der Waals surface area contributed by atoms with Gasteiger partial charge in [0.15, 0.2) is 10.7 Å². The fraction of sp³-hybridized carbons (Fsp3) is 0.556. The van der Waals surface area contributed by atoms with Gasteiger partial charge in [0.05, 0.1) is 24.5 Å². The third-order valence-electron chi connectivity index (χ3n) is 4.99. The number of fused-ring (bicyclic) bond motifs is 1. The van der Waals surface area contributed by atoms with Crippen LogP contribution in [0.15, 0.2) is 11.4 Å². The molecule has 2 aromatic rings. The van der Waals surface area contributed by atoms with E-state index in [1.54, 1.807) is 4.90 Å². The summed E-state index contributed by atoms with van der Waals surface area (Å²) in [5, 5.41) is 6.96. The van der Waals surface area contributed by atoms with E-state index in [-0.39, 0.29) is 11.8 Å². The summed E-state index contributed by atoms with van der Waals surface area (Å²) in [7, 11) is 0. The average Bonchev–Trinajstić information content (AvgIpc) is 3.39. The minimum Gasteiger partial charge on any atom is -0.337 e. The molecule has 26 heavy (non-hydrogen) atoms. The normalized spacial score (nSPS) is 17.0. The van der Waals surface area contributed by atoms with Gasteiger partial charge in [0, 0.05) is 25.0 Å². The first kappa shape index (κ1) is 17.2. The van der Waals surface area contributed by atoms with Crippen molar-refractivity contribution in [3.05, 3.63) is 33.5 Å². The molecule has 0 spiro atoms. The van der Waals surface area contributed by atoms with Crippen LogP contribution in [-0.4, -0.2) is 56.0 Å². The maximum absolute atomic E-state index is 12.8. The van der Waals surface area contributed by atoms with Crippen LogP contribution in [0.5, 0.6) is 0 Å². The molecule has 0 atom stereocenters. The molecule has 0 aromatic carbocycles. The predicted molar refractivity (Wildman–Crippen MR) is 98.3 cm³/mol. The Morgan fingerprint density at radius 2 is 1.85 bits per heavy atom. The number of carbonyl (C=O) groups is 2. The molecule has 2 aliphatic rings. The van der Waals surface area contributed by atoms with Crippen LogP contribution < -0.4 is 0 Å². The van der Waals surface area contributed by atoms with Gasteiger partial charge in [-0.3, -0.25) is 14.3 Å². The summed E-state index contributed by atoms with van der Waals surface area (Å²) < 4.78 is 1.86. The number of rotatable bonds is 3. The van der Waals surface area contributed by atoms with Gasteiger partial charge in [-0.1, -0.05) is 13.8 Å². The highest BCUT2D eigenvalue weighted by molar-refractivity contribution is 7.11. The monoisotopic (exact) mass is 373 g/mol. The zero-order valence-corrected chi connectivity index (χ0v) is 16.0. The minimum absolute atomic E-state index is 0.00350. The SMILES string of the molecule is CC(C)c1csc(C(=O)N2CCn3nc(C(=O)N4CCCC4)cc3C2)n1. The van der Waals surface area contributed by atoms with E-state index >= 15 is 0 Å². The molecule has 2 amide bonds. The summed E-state index contributed by atoms with van der Waals surface area (Å²) in [6.07, 6.45) is 2.13. The highest BCUT2D eigenvalue weighted by Gasteiger charge is 2.28. The summed E-state index contributed by atoms with van der Waals surface area (Å²) in [5.41, 5.74) is 2.36. The maximum atomic E-state index is 12.8. The lowest BCUT2D eigenvalue weighted by Gasteiger charge is -2.26. The molecule has 0 radical (unpaired) electrons. The summed E-state index contributed by atoms with van der Waals surface area (Å²) in [6, 6.07) is 1.83. The molecule has 138 valence electrons. The van der Waals surface area contributed by atoms with Gasteiger partial charge >= 0.3 is 0 Å². The summed E-state index contributed by atoms with van der Waals surface area (Å²) in [6.45, 7) is 7.43. The lowest BCUT2D eigenvalue weighted by molar-refractivity contribution is 0.0703. The number of nitrogens with zero attached hydrogens (tertiary/aromatic N) is 5. The number of thiazole rings is 1. The van der Waals surface area contributed by atoms with Crippen LogP contribution in [0, 0.1) is 0 Å². The Morgan fingerprint density at radius 1 is 1.08 bits per heavy atom. The zero-order valence-electron chi connectivity index (χ0n) is 15.1. The van der Waals surface area contributed by atoms with Gasteiger partial charge in [-0.05, 0) is 24.8 Å². The van der Waals surface area contributed by atoms with E-state index in [2.05, 4.69) is 23.9 Å². The van der Waals surface area contributed by atoms with Crippen molar-refractivity contribution in [2.45, 2.75) is 45.7 Å². The number of hydrogen-bond acceptors (Lipinski definition) is 5. The predicted octanol–water partition coefficient (Wildman–Crippen LogP) is 2.36. The van der Waals surface area contributed by atoms with Crippen molar-refractivity contribution >= 4 is 23.2 Å². The largest absolute Gasteiger partial charge is 0.337 e. The van der Waals surface area contributed by atoms with Crippen molar-refractivity contribution in [1.29, 1.82) is 0 Å². The standard InChI is InChI=1S/C18H23N5O2S/c1-12(2)15-11-26-16(19-15)18(25)22-7-8-23-13(10-22)9-14(20-23)17(24)21-5-3-4-6-21/h9,11-12H,3-8,10H2,1-2H3. The Balaban J connectivity index is 1.48. The van der Waals surface area contributed by atoms with Crippen molar-refractivity contribution in [1.82, 2.24) is 24.6 Å². The van der Waals surface area contributed by atoms with Crippen LogP contribution in [0.3, 0.4) is 0 Å². The van der Waals surface area contributed by atoms with E-state index in [1.165, 1.54) is 11.3 Å². The first-order chi connectivity index (χ1) is 12.5. The van der Waals surface area contributed by atoms with Gasteiger partial charge in [-0.25, -0.2) is 4.98 Å². The highest BCUT2D eigenvalue weighted by Crippen LogP contribution is 2.22. The Labute approximate surface area is 156 Å². The molecule has 0 aliphatic carbocycles. The zero-order chi connectivity index (χ0) is 18.3. The second kappa shape index (κ2) is 6.83. The smallest absolute Gasteiger partial charge is 0.283 e. The molecule has 2 aliphatic heterocycles. The molecule has 4 heterocycles. The molecule has 2 aromatic heterocycles. The molecule has 4 rings (SSSR count). The average molecular weight is 373 g/mol. The van der Waals surface area contributed by atoms with E-state index in [0.29, 0.717) is 36.3 Å². The first-order valence-corrected chi connectivity index (χ1v) is 10.0. The molecule has 1 saturated heterocycles. The molecule has 1 fully saturated rings. The number of carbonyl (C=O) groups excluding carboxylic acids is 2. The second-order valence-electron chi connectivity index (χ2n) is 7.20. The van der Waals surface area contributed by atoms with Gasteiger partial charge in [0.2, 0.25) is 0 Å². The van der Waals surface area contributed by atoms with Crippen LogP contribution in [-0.2, 0) is 13.1 Å². The first-order valence-electron chi connectivity index (χ1n) is 9.13. The molecule has 0 saturated carbocycles. The fourth-order valence-corrected chi connectivity index (χ4v) is 4.36. The lowest BCUT2D eigenvalue weighted by atomic mass is 10.2. The molecule has 0 N–H and O–H groups in total. The van der Waals surface area contributed by atoms with Gasteiger partial charge in [0.25, 0.3) is 11.8 Å². The number of likely N-dealkylation sites (tertiary alicyclic amines) is 1. The van der Waals surface area contributed by atoms with Crippen molar-refractivity contribution < 1.29 is 9.59 Å². The summed E-state index contributed by atoms with van der Waals surface area (Å²) in [4.78, 5) is 33.4. The van der Waals surface area contributed by atoms with Crippen LogP contribution in [0.4, 0.5) is 0 Å². The van der Waals surface area contributed by atoms with Crippen LogP contribution in [0.25, 0.3) is 0 Å². The Hall–Kier alpha value is -2.22. The van der Waals surface area contributed by atoms with Gasteiger partial charge in [-0.2, -0.15) is 5.10 Å². The van der Waals surface area contributed by atoms with E-state index in [0.717, 1.165) is 37.3 Å². The van der Waals surface area contributed by atoms with Gasteiger partial charge < -0.3 is 9.80 Å². The van der Waals surface area contributed by atoms with E-state index in [1.807, 2.05) is 21.0 Å². The Bertz CT molecular complexity index is 835. The minimum atomic E-state index is -0.0400. The number of amides is 2. The van der Waals surface area contributed by atoms with Crippen LogP contribution in [0.2, 0.25) is 0 Å². The molecule has 8 heteroatoms. The van der Waals surface area contributed by atoms with Gasteiger partial charge in [0.1, 0.15) is 0 Å². The molecular formula is C18H23N5O2S. The van der Waals surface area contributed by atoms with E-state index in [4.69, 9.17) is 0 Å². The van der Waals surface area contributed by atoms with Crippen molar-refractivity contribution in [3.63, 3.8) is 0 Å². The highest BCUT2D eigenvalue weighted by atomic mass is 32.1. The lowest BCUT2D eigenvalue weighted by Crippen LogP contribution is -2.38. The summed E-state index contributed by atoms with van der Waals surface area (Å²) >= 11 is 1.40. The van der Waals surface area contributed by atoms with E-state index < -0.39 is 0 Å². The molecule has 0 unspecified atom stereocenters. The third-order valence-corrected chi connectivity index (χ3v) is 5.84. The van der Waals surface area contributed by atoms with E-state index in [9.17, 15) is 9.59 Å². The van der Waals surface area contributed by atoms with Crippen LogP contribution >= 0.6 is 11.3 Å². The Morgan fingerprint density at radius 3 is 2.54 bits per heavy atom. The van der Waals surface area contributed by atoms with Gasteiger partial charge in [-0.15, -0.1) is 11.3 Å². The fourth-order valence-electron chi connectivity index (χ4n) is 3.41. The second-order valence-corrected chi connectivity index (χ2v) is 8.06. The van der Waals surface area contributed by atoms with Crippen molar-refractivity contribution in [3.8, 4) is 0 Å². The topological polar surface area (TPSA) is 71.3 Å². The quantitative estimate of drug-likeness (QED) is 0.828. The molecule has 7 nitrogen and oxygen atoms in total. The molecular weight excluding hydrogens is 350 g/mol. The maximum Gasteiger partial charge on any atom is 0.283 e. The molecule has 0 bridgehead atoms. The van der Waals surface area contributed by atoms with Crippen molar-refractivity contribution in [2.75, 3.05) is 19.6 Å². The third kappa shape index (κ3) is 3.13.